The van der Waals surface area contributed by atoms with Gasteiger partial charge in [0.15, 0.2) is 0 Å². The van der Waals surface area contributed by atoms with Gasteiger partial charge in [-0.3, -0.25) is 0 Å². The molecule has 3 aliphatic carbocycles. The highest BCUT2D eigenvalue weighted by atomic mass is 16.5. The van der Waals surface area contributed by atoms with Crippen LogP contribution < -0.4 is 4.74 Å². The maximum Gasteiger partial charge on any atom is 0.119 e. The molecule has 0 radical (unpaired) electrons. The highest BCUT2D eigenvalue weighted by Gasteiger charge is 2.58. The first-order chi connectivity index (χ1) is 11.5. The van der Waals surface area contributed by atoms with Crippen molar-refractivity contribution < 1.29 is 9.84 Å². The summed E-state index contributed by atoms with van der Waals surface area (Å²) in [7, 11) is 1.76. The minimum Gasteiger partial charge on any atom is -0.497 e. The molecule has 2 fully saturated rings. The van der Waals surface area contributed by atoms with E-state index in [0.717, 1.165) is 29.4 Å². The molecule has 2 nitrogen and oxygen atoms in total. The first-order valence-electron chi connectivity index (χ1n) is 9.77. The van der Waals surface area contributed by atoms with Crippen molar-refractivity contribution in [2.75, 3.05) is 13.7 Å². The van der Waals surface area contributed by atoms with Gasteiger partial charge in [0.05, 0.1) is 7.11 Å². The van der Waals surface area contributed by atoms with E-state index in [4.69, 9.17) is 4.74 Å². The quantitative estimate of drug-likeness (QED) is 0.856. The van der Waals surface area contributed by atoms with Gasteiger partial charge in [0, 0.05) is 6.61 Å². The minimum absolute atomic E-state index is 0.341. The number of methoxy groups -OCH3 is 1. The number of benzene rings is 1. The van der Waals surface area contributed by atoms with Crippen molar-refractivity contribution in [2.24, 2.45) is 35.0 Å². The molecule has 0 heterocycles. The first-order valence-corrected chi connectivity index (χ1v) is 9.77. The van der Waals surface area contributed by atoms with Crippen molar-refractivity contribution in [1.29, 1.82) is 0 Å². The third kappa shape index (κ3) is 2.18. The Balaban J connectivity index is 1.74. The Kier molecular flexibility index (Phi) is 3.95. The zero-order valence-electron chi connectivity index (χ0n) is 15.6. The summed E-state index contributed by atoms with van der Waals surface area (Å²) in [5.41, 5.74) is 3.43. The Hall–Kier alpha value is -1.02. The molecule has 2 heteroatoms. The summed E-state index contributed by atoms with van der Waals surface area (Å²) in [5, 5.41) is 9.95. The topological polar surface area (TPSA) is 29.5 Å². The largest absolute Gasteiger partial charge is 0.497 e. The number of aliphatic hydroxyl groups is 1. The van der Waals surface area contributed by atoms with Crippen LogP contribution in [0.25, 0.3) is 0 Å². The van der Waals surface area contributed by atoms with Crippen LogP contribution in [-0.4, -0.2) is 18.8 Å². The molecule has 0 saturated heterocycles. The van der Waals surface area contributed by atoms with Crippen molar-refractivity contribution in [3.63, 3.8) is 0 Å². The smallest absolute Gasteiger partial charge is 0.119 e. The Morgan fingerprint density at radius 2 is 2.04 bits per heavy atom. The number of rotatable bonds is 2. The van der Waals surface area contributed by atoms with Gasteiger partial charge in [-0.1, -0.05) is 26.8 Å². The molecule has 3 aliphatic rings. The molecule has 0 unspecified atom stereocenters. The van der Waals surface area contributed by atoms with E-state index in [9.17, 15) is 5.11 Å². The summed E-state index contributed by atoms with van der Waals surface area (Å²) < 4.78 is 5.45. The molecule has 2 saturated carbocycles. The molecule has 7 atom stereocenters. The molecular weight excluding hydrogens is 296 g/mol. The van der Waals surface area contributed by atoms with Crippen LogP contribution >= 0.6 is 0 Å². The Morgan fingerprint density at radius 1 is 1.25 bits per heavy atom. The zero-order valence-corrected chi connectivity index (χ0v) is 15.6. The van der Waals surface area contributed by atoms with Crippen LogP contribution in [0.3, 0.4) is 0 Å². The fourth-order valence-electron chi connectivity index (χ4n) is 7.01. The van der Waals surface area contributed by atoms with Crippen LogP contribution in [0.1, 0.15) is 57.1 Å². The van der Waals surface area contributed by atoms with Gasteiger partial charge in [-0.25, -0.2) is 0 Å². The molecule has 132 valence electrons. The van der Waals surface area contributed by atoms with Crippen LogP contribution in [0.4, 0.5) is 0 Å². The number of aliphatic hydroxyl groups excluding tert-OH is 1. The van der Waals surface area contributed by atoms with E-state index < -0.39 is 0 Å². The van der Waals surface area contributed by atoms with Gasteiger partial charge in [0.1, 0.15) is 5.75 Å². The van der Waals surface area contributed by atoms with Crippen LogP contribution in [0.2, 0.25) is 0 Å². The summed E-state index contributed by atoms with van der Waals surface area (Å²) >= 11 is 0. The molecule has 0 aliphatic heterocycles. The third-order valence-electron chi connectivity index (χ3n) is 8.01. The van der Waals surface area contributed by atoms with E-state index in [1.54, 1.807) is 12.7 Å². The predicted molar refractivity (Wildman–Crippen MR) is 97.3 cm³/mol. The Bertz CT molecular complexity index is 624. The molecule has 0 spiro atoms. The lowest BCUT2D eigenvalue weighted by molar-refractivity contribution is -0.0198. The molecule has 24 heavy (non-hydrogen) atoms. The lowest BCUT2D eigenvalue weighted by Crippen LogP contribution is -2.47. The fourth-order valence-corrected chi connectivity index (χ4v) is 7.01. The average molecular weight is 328 g/mol. The summed E-state index contributed by atoms with van der Waals surface area (Å²) in [4.78, 5) is 0. The van der Waals surface area contributed by atoms with Crippen molar-refractivity contribution in [1.82, 2.24) is 0 Å². The molecule has 0 amide bonds. The van der Waals surface area contributed by atoms with Crippen molar-refractivity contribution in [3.8, 4) is 5.75 Å². The lowest BCUT2D eigenvalue weighted by atomic mass is 9.51. The van der Waals surface area contributed by atoms with Crippen molar-refractivity contribution >= 4 is 0 Å². The minimum atomic E-state index is 0.341. The second kappa shape index (κ2) is 5.76. The van der Waals surface area contributed by atoms with Crippen molar-refractivity contribution in [2.45, 2.75) is 52.4 Å². The number of fused-ring (bicyclic) bond motifs is 5. The second-order valence-corrected chi connectivity index (χ2v) is 9.09. The van der Waals surface area contributed by atoms with Crippen LogP contribution in [0, 0.1) is 35.0 Å². The normalized spacial score (nSPS) is 43.7. The van der Waals surface area contributed by atoms with Crippen molar-refractivity contribution in [3.05, 3.63) is 29.3 Å². The maximum absolute atomic E-state index is 9.95. The molecule has 4 rings (SSSR count). The summed E-state index contributed by atoms with van der Waals surface area (Å²) in [6.07, 6.45) is 4.94. The van der Waals surface area contributed by atoms with Crippen LogP contribution in [0.15, 0.2) is 18.2 Å². The molecular formula is C22H32O2. The van der Waals surface area contributed by atoms with E-state index in [1.807, 2.05) is 0 Å². The van der Waals surface area contributed by atoms with E-state index in [2.05, 4.69) is 39.0 Å². The number of hydrogen-bond donors (Lipinski definition) is 1. The summed E-state index contributed by atoms with van der Waals surface area (Å²) in [6.45, 7) is 7.76. The average Bonchev–Trinajstić information content (AvgIpc) is 2.84. The van der Waals surface area contributed by atoms with Gasteiger partial charge in [-0.2, -0.15) is 0 Å². The summed E-state index contributed by atoms with van der Waals surface area (Å²) in [5.74, 6) is 5.20. The molecule has 0 aromatic heterocycles. The molecule has 1 aromatic rings. The van der Waals surface area contributed by atoms with Gasteiger partial charge in [-0.05, 0) is 89.9 Å². The second-order valence-electron chi connectivity index (χ2n) is 9.09. The number of hydrogen-bond acceptors (Lipinski definition) is 2. The lowest BCUT2D eigenvalue weighted by Gasteiger charge is -2.54. The monoisotopic (exact) mass is 328 g/mol. The highest BCUT2D eigenvalue weighted by Crippen LogP contribution is 2.65. The van der Waals surface area contributed by atoms with Gasteiger partial charge < -0.3 is 9.84 Å². The standard InChI is InChI=1S/C22H32O2/c1-13-9-15-11-17(24-4)5-6-18(15)19-7-8-22(3)16(12-23)10-14(2)21(22)20(13)19/h5-6,11,13-14,16,19-21,23H,7-10,12H2,1-4H3/t13-,14-,16+,19-,20-,21-,22-/m1/s1. The predicted octanol–water partition coefficient (Wildman–Crippen LogP) is 4.65. The highest BCUT2D eigenvalue weighted by molar-refractivity contribution is 5.41. The summed E-state index contributed by atoms with van der Waals surface area (Å²) in [6, 6.07) is 6.75. The zero-order chi connectivity index (χ0) is 17.1. The van der Waals surface area contributed by atoms with Gasteiger partial charge in [-0.15, -0.1) is 0 Å². The van der Waals surface area contributed by atoms with Crippen LogP contribution in [-0.2, 0) is 6.42 Å². The number of ether oxygens (including phenoxy) is 1. The SMILES string of the molecule is COc1ccc2c(c1)C[C@@H](C)[C@H]1[C@H]3[C@H](C)C[C@@H](CO)[C@@]3(C)CC[C@H]21. The molecule has 1 N–H and O–H groups in total. The molecule has 0 bridgehead atoms. The third-order valence-corrected chi connectivity index (χ3v) is 8.01. The molecule has 1 aromatic carbocycles. The van der Waals surface area contributed by atoms with E-state index >= 15 is 0 Å². The fraction of sp³-hybridized carbons (Fsp3) is 0.727. The van der Waals surface area contributed by atoms with E-state index in [-0.39, 0.29) is 0 Å². The van der Waals surface area contributed by atoms with E-state index in [0.29, 0.717) is 23.9 Å². The maximum atomic E-state index is 9.95. The Labute approximate surface area is 146 Å². The first kappa shape index (κ1) is 16.4. The Morgan fingerprint density at radius 3 is 2.75 bits per heavy atom. The van der Waals surface area contributed by atoms with Gasteiger partial charge in [0.25, 0.3) is 0 Å². The van der Waals surface area contributed by atoms with E-state index in [1.165, 1.54) is 31.2 Å². The van der Waals surface area contributed by atoms with Crippen LogP contribution in [0.5, 0.6) is 5.75 Å². The van der Waals surface area contributed by atoms with Gasteiger partial charge in [0.2, 0.25) is 0 Å². The van der Waals surface area contributed by atoms with Gasteiger partial charge >= 0.3 is 0 Å².